The summed E-state index contributed by atoms with van der Waals surface area (Å²) in [5.74, 6) is 0. The second-order valence-electron chi connectivity index (χ2n) is 7.22. The monoisotopic (exact) mass is 443 g/mol. The summed E-state index contributed by atoms with van der Waals surface area (Å²) in [6, 6.07) is 24.4. The van der Waals surface area contributed by atoms with Crippen molar-refractivity contribution in [1.29, 1.82) is 0 Å². The van der Waals surface area contributed by atoms with Crippen LogP contribution in [-0.2, 0) is 0 Å². The number of nitrogens with zero attached hydrogens (tertiary/aromatic N) is 4. The number of hydrazone groups is 1. The van der Waals surface area contributed by atoms with Gasteiger partial charge in [0.15, 0.2) is 0 Å². The number of rotatable bonds is 7. The van der Waals surface area contributed by atoms with Crippen LogP contribution in [-0.4, -0.2) is 30.2 Å². The van der Waals surface area contributed by atoms with E-state index >= 15 is 0 Å². The first-order valence-corrected chi connectivity index (χ1v) is 10.7. The lowest BCUT2D eigenvalue weighted by Crippen LogP contribution is -2.08. The Balaban J connectivity index is 1.61. The first-order chi connectivity index (χ1) is 15.5. The zero-order valence-corrected chi connectivity index (χ0v) is 18.4. The molecule has 0 unspecified atom stereocenters. The number of non-ortho nitro benzene ring substituents is 1. The van der Waals surface area contributed by atoms with E-state index in [0.717, 1.165) is 32.9 Å². The van der Waals surface area contributed by atoms with Crippen LogP contribution in [0.2, 0.25) is 0 Å². The molecule has 160 valence electrons. The van der Waals surface area contributed by atoms with E-state index in [1.165, 1.54) is 23.5 Å². The molecule has 4 aromatic rings. The smallest absolute Gasteiger partial charge is 0.269 e. The highest BCUT2D eigenvalue weighted by atomic mass is 32.1. The largest absolute Gasteiger partial charge is 0.378 e. The number of anilines is 2. The highest BCUT2D eigenvalue weighted by Crippen LogP contribution is 2.39. The Labute approximate surface area is 189 Å². The molecule has 0 atom stereocenters. The maximum atomic E-state index is 11.0. The van der Waals surface area contributed by atoms with Crippen molar-refractivity contribution >= 4 is 34.1 Å². The van der Waals surface area contributed by atoms with Crippen molar-refractivity contribution in [2.75, 3.05) is 24.4 Å². The molecule has 1 N–H and O–H groups in total. The Morgan fingerprint density at radius 2 is 1.66 bits per heavy atom. The van der Waals surface area contributed by atoms with Gasteiger partial charge < -0.3 is 4.90 Å². The third-order valence-corrected chi connectivity index (χ3v) is 5.81. The lowest BCUT2D eigenvalue weighted by molar-refractivity contribution is -0.384. The number of hydrogen-bond acceptors (Lipinski definition) is 7. The van der Waals surface area contributed by atoms with Crippen molar-refractivity contribution < 1.29 is 4.92 Å². The van der Waals surface area contributed by atoms with Gasteiger partial charge >= 0.3 is 0 Å². The van der Waals surface area contributed by atoms with Crippen LogP contribution in [0.1, 0.15) is 5.56 Å². The fraction of sp³-hybridized carbons (Fsp3) is 0.0833. The Morgan fingerprint density at radius 3 is 2.28 bits per heavy atom. The van der Waals surface area contributed by atoms with Gasteiger partial charge in [0.25, 0.3) is 5.69 Å². The maximum absolute atomic E-state index is 11.0. The number of nitro groups is 1. The van der Waals surface area contributed by atoms with E-state index < -0.39 is 4.92 Å². The van der Waals surface area contributed by atoms with Gasteiger partial charge in [-0.2, -0.15) is 5.10 Å². The normalized spacial score (nSPS) is 10.9. The maximum Gasteiger partial charge on any atom is 0.269 e. The van der Waals surface area contributed by atoms with E-state index in [-0.39, 0.29) is 5.69 Å². The van der Waals surface area contributed by atoms with Crippen LogP contribution in [0.25, 0.3) is 21.7 Å². The molecule has 7 nitrogen and oxygen atoms in total. The highest BCUT2D eigenvalue weighted by molar-refractivity contribution is 7.19. The summed E-state index contributed by atoms with van der Waals surface area (Å²) in [5.41, 5.74) is 7.80. The van der Waals surface area contributed by atoms with E-state index in [1.807, 2.05) is 73.6 Å². The lowest BCUT2D eigenvalue weighted by atomic mass is 10.1. The average molecular weight is 444 g/mol. The Bertz CT molecular complexity index is 1230. The van der Waals surface area contributed by atoms with E-state index in [1.54, 1.807) is 18.3 Å². The van der Waals surface area contributed by atoms with Crippen LogP contribution in [0.5, 0.6) is 0 Å². The zero-order chi connectivity index (χ0) is 22.5. The molecule has 0 fully saturated rings. The van der Waals surface area contributed by atoms with Crippen molar-refractivity contribution in [2.24, 2.45) is 5.10 Å². The number of hydrogen-bond donors (Lipinski definition) is 1. The van der Waals surface area contributed by atoms with Crippen molar-refractivity contribution in [3.05, 3.63) is 94.5 Å². The average Bonchev–Trinajstić information content (AvgIpc) is 3.24. The van der Waals surface area contributed by atoms with Crippen molar-refractivity contribution in [2.45, 2.75) is 0 Å². The SMILES string of the molecule is CN(C)c1ccc(/C=N\Nc2nc(-c3ccccc3)c(-c3ccc([N+](=O)[O-])cc3)s2)cc1. The third kappa shape index (κ3) is 4.81. The van der Waals surface area contributed by atoms with Crippen LogP contribution in [0.15, 0.2) is 84.0 Å². The summed E-state index contributed by atoms with van der Waals surface area (Å²) in [4.78, 5) is 18.3. The van der Waals surface area contributed by atoms with Gasteiger partial charge in [-0.05, 0) is 35.4 Å². The van der Waals surface area contributed by atoms with E-state index in [9.17, 15) is 10.1 Å². The third-order valence-electron chi connectivity index (χ3n) is 4.80. The fourth-order valence-corrected chi connectivity index (χ4v) is 4.05. The molecule has 0 aliphatic heterocycles. The van der Waals surface area contributed by atoms with Gasteiger partial charge in [-0.25, -0.2) is 4.98 Å². The molecule has 0 amide bonds. The molecule has 1 heterocycles. The van der Waals surface area contributed by atoms with Gasteiger partial charge in [-0.3, -0.25) is 15.5 Å². The van der Waals surface area contributed by atoms with Gasteiger partial charge in [-0.1, -0.05) is 53.8 Å². The van der Waals surface area contributed by atoms with Crippen LogP contribution in [0.3, 0.4) is 0 Å². The Morgan fingerprint density at radius 1 is 0.969 bits per heavy atom. The van der Waals surface area contributed by atoms with Gasteiger partial charge in [0, 0.05) is 37.5 Å². The van der Waals surface area contributed by atoms with Crippen LogP contribution in [0, 0.1) is 10.1 Å². The number of thiazole rings is 1. The second kappa shape index (κ2) is 9.40. The molecule has 0 saturated heterocycles. The van der Waals surface area contributed by atoms with Gasteiger partial charge in [0.05, 0.1) is 21.7 Å². The predicted molar refractivity (Wildman–Crippen MR) is 132 cm³/mol. The van der Waals surface area contributed by atoms with Crippen molar-refractivity contribution in [3.8, 4) is 21.7 Å². The number of nitrogens with one attached hydrogen (secondary N) is 1. The summed E-state index contributed by atoms with van der Waals surface area (Å²) in [5, 5.41) is 16.0. The Hall–Kier alpha value is -4.04. The molecule has 3 aromatic carbocycles. The first kappa shape index (κ1) is 21.2. The quantitative estimate of drug-likeness (QED) is 0.218. The van der Waals surface area contributed by atoms with Gasteiger partial charge in [0.1, 0.15) is 0 Å². The standard InChI is InChI=1S/C24H21N5O2S/c1-28(2)20-12-8-17(9-13-20)16-25-27-24-26-22(18-6-4-3-5-7-18)23(32-24)19-10-14-21(15-11-19)29(30)31/h3-16H,1-2H3,(H,26,27)/b25-16-. The van der Waals surface area contributed by atoms with Crippen molar-refractivity contribution in [1.82, 2.24) is 4.98 Å². The van der Waals surface area contributed by atoms with Crippen LogP contribution in [0.4, 0.5) is 16.5 Å². The summed E-state index contributed by atoms with van der Waals surface area (Å²) < 4.78 is 0. The molecule has 1 aromatic heterocycles. The molecule has 0 aliphatic rings. The molecule has 0 bridgehead atoms. The molecular weight excluding hydrogens is 422 g/mol. The number of benzene rings is 3. The molecule has 32 heavy (non-hydrogen) atoms. The summed E-state index contributed by atoms with van der Waals surface area (Å²) in [6.45, 7) is 0. The molecular formula is C24H21N5O2S. The summed E-state index contributed by atoms with van der Waals surface area (Å²) in [7, 11) is 4.00. The molecule has 0 radical (unpaired) electrons. The predicted octanol–water partition coefficient (Wildman–Crippen LogP) is 5.90. The summed E-state index contributed by atoms with van der Waals surface area (Å²) >= 11 is 1.45. The van der Waals surface area contributed by atoms with Crippen molar-refractivity contribution in [3.63, 3.8) is 0 Å². The Kier molecular flexibility index (Phi) is 6.23. The molecule has 4 rings (SSSR count). The molecule has 0 saturated carbocycles. The molecule has 0 spiro atoms. The van der Waals surface area contributed by atoms with E-state index in [0.29, 0.717) is 5.13 Å². The number of aromatic nitrogens is 1. The van der Waals surface area contributed by atoms with E-state index in [2.05, 4.69) is 10.5 Å². The zero-order valence-electron chi connectivity index (χ0n) is 17.6. The molecule has 8 heteroatoms. The minimum atomic E-state index is -0.401. The van der Waals surface area contributed by atoms with Gasteiger partial charge in [-0.15, -0.1) is 0 Å². The summed E-state index contributed by atoms with van der Waals surface area (Å²) in [6.07, 6.45) is 1.74. The minimum Gasteiger partial charge on any atom is -0.378 e. The first-order valence-electron chi connectivity index (χ1n) is 9.89. The van der Waals surface area contributed by atoms with Crippen LogP contribution < -0.4 is 10.3 Å². The fourth-order valence-electron chi connectivity index (χ4n) is 3.11. The lowest BCUT2D eigenvalue weighted by Gasteiger charge is -2.11. The van der Waals surface area contributed by atoms with Gasteiger partial charge in [0.2, 0.25) is 5.13 Å². The topological polar surface area (TPSA) is 83.7 Å². The molecule has 0 aliphatic carbocycles. The highest BCUT2D eigenvalue weighted by Gasteiger charge is 2.16. The minimum absolute atomic E-state index is 0.0581. The number of nitro benzene ring substituents is 1. The van der Waals surface area contributed by atoms with Crippen LogP contribution >= 0.6 is 11.3 Å². The van der Waals surface area contributed by atoms with E-state index in [4.69, 9.17) is 4.98 Å². The second-order valence-corrected chi connectivity index (χ2v) is 8.22.